The summed E-state index contributed by atoms with van der Waals surface area (Å²) < 4.78 is 0. The van der Waals surface area contributed by atoms with E-state index in [1.165, 1.54) is 5.06 Å². The fourth-order valence-corrected chi connectivity index (χ4v) is 2.00. The van der Waals surface area contributed by atoms with Crippen molar-refractivity contribution < 1.29 is 4.84 Å². The second kappa shape index (κ2) is 6.72. The number of rotatable bonds is 7. The van der Waals surface area contributed by atoms with Crippen molar-refractivity contribution in [2.24, 2.45) is 21.5 Å². The van der Waals surface area contributed by atoms with Crippen LogP contribution in [0.3, 0.4) is 0 Å². The van der Waals surface area contributed by atoms with Gasteiger partial charge in [0.05, 0.1) is 6.61 Å². The molecule has 0 fully saturated rings. The molecular formula is C12H26N6O. The molecule has 0 aromatic carbocycles. The molecule has 0 bridgehead atoms. The predicted octanol–water partition coefficient (Wildman–Crippen LogP) is 0.331. The Morgan fingerprint density at radius 3 is 2.42 bits per heavy atom. The van der Waals surface area contributed by atoms with Crippen molar-refractivity contribution >= 4 is 11.9 Å². The van der Waals surface area contributed by atoms with Crippen molar-refractivity contribution in [2.75, 3.05) is 26.2 Å². The van der Waals surface area contributed by atoms with Crippen molar-refractivity contribution in [1.82, 2.24) is 9.96 Å². The van der Waals surface area contributed by atoms with Crippen LogP contribution in [0.1, 0.15) is 34.1 Å². The monoisotopic (exact) mass is 270 g/mol. The lowest BCUT2D eigenvalue weighted by Crippen LogP contribution is -2.53. The van der Waals surface area contributed by atoms with Gasteiger partial charge in [-0.25, -0.2) is 4.99 Å². The third-order valence-electron chi connectivity index (χ3n) is 3.06. The van der Waals surface area contributed by atoms with E-state index in [1.807, 2.05) is 13.8 Å². The minimum absolute atomic E-state index is 0.186. The SMILES string of the molecule is CCN(CC)CCCON1C(N)=NC(N)=NC1(C)C. The van der Waals surface area contributed by atoms with Gasteiger partial charge in [0.1, 0.15) is 0 Å². The highest BCUT2D eigenvalue weighted by Crippen LogP contribution is 2.19. The second-order valence-corrected chi connectivity index (χ2v) is 4.94. The molecule has 1 heterocycles. The van der Waals surface area contributed by atoms with Crippen LogP contribution >= 0.6 is 0 Å². The number of hydrogen-bond donors (Lipinski definition) is 2. The molecule has 0 aliphatic carbocycles. The van der Waals surface area contributed by atoms with E-state index in [1.54, 1.807) is 0 Å². The standard InChI is InChI=1S/C12H26N6O/c1-5-17(6-2)8-7-9-19-18-11(14)15-10(13)16-12(18,3)4/h5-9H2,1-4H3,(H4,13,14,15,16). The summed E-state index contributed by atoms with van der Waals surface area (Å²) in [5.41, 5.74) is 10.8. The molecule has 0 spiro atoms. The highest BCUT2D eigenvalue weighted by molar-refractivity contribution is 5.95. The molecule has 0 amide bonds. The van der Waals surface area contributed by atoms with Gasteiger partial charge < -0.3 is 16.4 Å². The molecule has 110 valence electrons. The summed E-state index contributed by atoms with van der Waals surface area (Å²) in [7, 11) is 0. The average Bonchev–Trinajstić information content (AvgIpc) is 2.31. The number of hydrogen-bond acceptors (Lipinski definition) is 7. The summed E-state index contributed by atoms with van der Waals surface area (Å²) in [5, 5.41) is 1.52. The minimum atomic E-state index is -0.620. The largest absolute Gasteiger partial charge is 0.368 e. The van der Waals surface area contributed by atoms with Gasteiger partial charge >= 0.3 is 0 Å². The van der Waals surface area contributed by atoms with E-state index >= 15 is 0 Å². The summed E-state index contributed by atoms with van der Waals surface area (Å²) in [6, 6.07) is 0. The highest BCUT2D eigenvalue weighted by atomic mass is 16.7. The first-order valence-corrected chi connectivity index (χ1v) is 6.75. The molecule has 7 nitrogen and oxygen atoms in total. The first kappa shape index (κ1) is 15.7. The lowest BCUT2D eigenvalue weighted by atomic mass is 10.2. The summed E-state index contributed by atoms with van der Waals surface area (Å²) in [6.45, 7) is 11.7. The first-order valence-electron chi connectivity index (χ1n) is 6.75. The maximum Gasteiger partial charge on any atom is 0.226 e. The predicted molar refractivity (Wildman–Crippen MR) is 77.5 cm³/mol. The Bertz CT molecular complexity index is 348. The van der Waals surface area contributed by atoms with Crippen molar-refractivity contribution in [3.63, 3.8) is 0 Å². The Kier molecular flexibility index (Phi) is 5.56. The van der Waals surface area contributed by atoms with Crippen molar-refractivity contribution in [2.45, 2.75) is 39.8 Å². The van der Waals surface area contributed by atoms with Crippen molar-refractivity contribution in [3.05, 3.63) is 0 Å². The first-order chi connectivity index (χ1) is 8.90. The van der Waals surface area contributed by atoms with Crippen LogP contribution < -0.4 is 11.5 Å². The highest BCUT2D eigenvalue weighted by Gasteiger charge is 2.32. The molecular weight excluding hydrogens is 244 g/mol. The van der Waals surface area contributed by atoms with E-state index in [0.717, 1.165) is 26.1 Å². The van der Waals surface area contributed by atoms with Crippen molar-refractivity contribution in [3.8, 4) is 0 Å². The fraction of sp³-hybridized carbons (Fsp3) is 0.833. The normalized spacial score (nSPS) is 18.5. The van der Waals surface area contributed by atoms with Crippen LogP contribution in [0.25, 0.3) is 0 Å². The van der Waals surface area contributed by atoms with Crippen LogP contribution in [-0.4, -0.2) is 53.8 Å². The summed E-state index contributed by atoms with van der Waals surface area (Å²) >= 11 is 0. The number of nitrogens with zero attached hydrogens (tertiary/aromatic N) is 4. The van der Waals surface area contributed by atoms with E-state index in [-0.39, 0.29) is 11.9 Å². The van der Waals surface area contributed by atoms with Gasteiger partial charge in [-0.3, -0.25) is 4.84 Å². The third kappa shape index (κ3) is 4.36. The quantitative estimate of drug-likeness (QED) is 0.650. The zero-order chi connectivity index (χ0) is 14.5. The van der Waals surface area contributed by atoms with Crippen LogP contribution in [0.4, 0.5) is 0 Å². The van der Waals surface area contributed by atoms with E-state index in [4.69, 9.17) is 16.3 Å². The van der Waals surface area contributed by atoms with Gasteiger partial charge in [-0.15, -0.1) is 0 Å². The van der Waals surface area contributed by atoms with Crippen LogP contribution in [0, 0.1) is 0 Å². The molecule has 0 unspecified atom stereocenters. The smallest absolute Gasteiger partial charge is 0.226 e. The zero-order valence-electron chi connectivity index (χ0n) is 12.4. The Labute approximate surface area is 115 Å². The Balaban J connectivity index is 2.43. The number of guanidine groups is 2. The molecule has 1 rings (SSSR count). The summed E-state index contributed by atoms with van der Waals surface area (Å²) in [4.78, 5) is 16.2. The molecule has 0 saturated carbocycles. The van der Waals surface area contributed by atoms with Gasteiger partial charge in [-0.2, -0.15) is 10.1 Å². The van der Waals surface area contributed by atoms with Gasteiger partial charge in [0.15, 0.2) is 5.66 Å². The molecule has 7 heteroatoms. The van der Waals surface area contributed by atoms with E-state index in [2.05, 4.69) is 28.7 Å². The van der Waals surface area contributed by atoms with Crippen LogP contribution in [0.15, 0.2) is 9.98 Å². The Morgan fingerprint density at radius 1 is 1.26 bits per heavy atom. The van der Waals surface area contributed by atoms with Gasteiger partial charge in [0.2, 0.25) is 11.9 Å². The molecule has 0 aromatic rings. The molecule has 0 radical (unpaired) electrons. The summed E-state index contributed by atoms with van der Waals surface area (Å²) in [6.07, 6.45) is 0.931. The lowest BCUT2D eigenvalue weighted by molar-refractivity contribution is -0.158. The van der Waals surface area contributed by atoms with Crippen molar-refractivity contribution in [1.29, 1.82) is 0 Å². The zero-order valence-corrected chi connectivity index (χ0v) is 12.4. The molecule has 1 aliphatic heterocycles. The molecule has 0 aromatic heterocycles. The van der Waals surface area contributed by atoms with Crippen LogP contribution in [0.5, 0.6) is 0 Å². The molecule has 19 heavy (non-hydrogen) atoms. The van der Waals surface area contributed by atoms with Gasteiger partial charge in [0, 0.05) is 6.54 Å². The topological polar surface area (TPSA) is 92.5 Å². The maximum atomic E-state index is 5.82. The molecule has 0 saturated heterocycles. The van der Waals surface area contributed by atoms with Gasteiger partial charge in [0.25, 0.3) is 0 Å². The van der Waals surface area contributed by atoms with Crippen LogP contribution in [-0.2, 0) is 4.84 Å². The number of aliphatic imine (C=N–C) groups is 2. The van der Waals surface area contributed by atoms with E-state index in [9.17, 15) is 0 Å². The lowest BCUT2D eigenvalue weighted by Gasteiger charge is -2.36. The van der Waals surface area contributed by atoms with E-state index < -0.39 is 5.66 Å². The second-order valence-electron chi connectivity index (χ2n) is 4.94. The van der Waals surface area contributed by atoms with E-state index in [0.29, 0.717) is 6.61 Å². The Hall–Kier alpha value is -1.34. The van der Waals surface area contributed by atoms with Gasteiger partial charge in [-0.05, 0) is 33.4 Å². The number of hydroxylamine groups is 2. The van der Waals surface area contributed by atoms with Gasteiger partial charge in [-0.1, -0.05) is 13.8 Å². The summed E-state index contributed by atoms with van der Waals surface area (Å²) in [5.74, 6) is 0.436. The molecule has 1 aliphatic rings. The molecule has 0 atom stereocenters. The average molecular weight is 270 g/mol. The Morgan fingerprint density at radius 2 is 1.89 bits per heavy atom. The fourth-order valence-electron chi connectivity index (χ4n) is 2.00. The minimum Gasteiger partial charge on any atom is -0.368 e. The number of nitrogens with two attached hydrogens (primary N) is 2. The molecule has 4 N–H and O–H groups in total. The maximum absolute atomic E-state index is 5.82. The van der Waals surface area contributed by atoms with Crippen LogP contribution in [0.2, 0.25) is 0 Å². The third-order valence-corrected chi connectivity index (χ3v) is 3.06.